The molecule has 226 valence electrons. The lowest BCUT2D eigenvalue weighted by atomic mass is 9.97. The number of rotatable bonds is 8. The van der Waals surface area contributed by atoms with Gasteiger partial charge in [-0.15, -0.1) is 6.58 Å². The summed E-state index contributed by atoms with van der Waals surface area (Å²) in [4.78, 5) is 39.5. The summed E-state index contributed by atoms with van der Waals surface area (Å²) in [5, 5.41) is -0.368. The third-order valence-corrected chi connectivity index (χ3v) is 17.9. The van der Waals surface area contributed by atoms with E-state index in [9.17, 15) is 14.4 Å². The van der Waals surface area contributed by atoms with E-state index in [4.69, 9.17) is 13.6 Å². The van der Waals surface area contributed by atoms with Gasteiger partial charge in [0.05, 0.1) is 6.61 Å². The van der Waals surface area contributed by atoms with E-state index >= 15 is 4.39 Å². The van der Waals surface area contributed by atoms with Crippen molar-refractivity contribution in [3.63, 3.8) is 0 Å². The normalized spacial score (nSPS) is 23.9. The van der Waals surface area contributed by atoms with Crippen LogP contribution >= 0.6 is 0 Å². The Hall–Kier alpha value is -2.45. The van der Waals surface area contributed by atoms with Gasteiger partial charge >= 0.3 is 5.69 Å². The summed E-state index contributed by atoms with van der Waals surface area (Å²) >= 11 is 0. The third kappa shape index (κ3) is 6.34. The number of alkyl halides is 1. The molecule has 0 amide bonds. The van der Waals surface area contributed by atoms with Crippen LogP contribution in [0.25, 0.3) is 0 Å². The van der Waals surface area contributed by atoms with Crippen LogP contribution in [0.2, 0.25) is 36.3 Å². The zero-order chi connectivity index (χ0) is 31.2. The van der Waals surface area contributed by atoms with E-state index in [-0.39, 0.29) is 22.2 Å². The summed E-state index contributed by atoms with van der Waals surface area (Å²) < 4.78 is 37.7. The maximum absolute atomic E-state index is 16.7. The van der Waals surface area contributed by atoms with Gasteiger partial charge in [0.25, 0.3) is 11.5 Å². The van der Waals surface area contributed by atoms with Crippen molar-refractivity contribution in [3.8, 4) is 0 Å². The fraction of sp³-hybridized carbons (Fsp3) is 0.567. The van der Waals surface area contributed by atoms with E-state index < -0.39 is 57.9 Å². The van der Waals surface area contributed by atoms with E-state index in [0.717, 1.165) is 16.8 Å². The van der Waals surface area contributed by atoms with Gasteiger partial charge in [0.2, 0.25) is 0 Å². The Kier molecular flexibility index (Phi) is 9.13. The average molecular weight is 605 g/mol. The molecule has 0 radical (unpaired) electrons. The van der Waals surface area contributed by atoms with Gasteiger partial charge in [0.1, 0.15) is 11.7 Å². The Morgan fingerprint density at radius 3 is 2.10 bits per heavy atom. The Balaban J connectivity index is 2.14. The number of hydrogen-bond acceptors (Lipinski definition) is 6. The Morgan fingerprint density at radius 1 is 1.02 bits per heavy atom. The summed E-state index contributed by atoms with van der Waals surface area (Å²) in [6, 6.07) is 9.02. The lowest BCUT2D eigenvalue weighted by Crippen LogP contribution is -2.55. The van der Waals surface area contributed by atoms with Crippen LogP contribution in [0.1, 0.15) is 58.1 Å². The van der Waals surface area contributed by atoms with Crippen molar-refractivity contribution in [2.24, 2.45) is 0 Å². The standard InChI is InChI=1S/C30H45FN2O6Si2/c1-12-30(20-37-40(8,9)28(2,3)4)24(39-41(10,11)29(5,6)7)23(31)26(38-30)32-19-18-22(34)33(27(32)36)25(35)21-16-14-13-15-17-21/h12-19,23-24,26H,1,20H2,2-11H3/t23-,24-,26+,30+/m0/s1. The van der Waals surface area contributed by atoms with Crippen LogP contribution in [0.4, 0.5) is 4.39 Å². The summed E-state index contributed by atoms with van der Waals surface area (Å²) in [6.07, 6.45) is -1.81. The first-order chi connectivity index (χ1) is 18.7. The molecule has 1 saturated heterocycles. The molecule has 1 aromatic heterocycles. The van der Waals surface area contributed by atoms with Gasteiger partial charge < -0.3 is 13.6 Å². The van der Waals surface area contributed by atoms with E-state index in [1.54, 1.807) is 18.2 Å². The number of hydrogen-bond donors (Lipinski definition) is 0. The maximum Gasteiger partial charge on any atom is 0.340 e. The molecule has 41 heavy (non-hydrogen) atoms. The highest BCUT2D eigenvalue weighted by atomic mass is 28.4. The van der Waals surface area contributed by atoms with Gasteiger partial charge in [-0.05, 0) is 48.4 Å². The fourth-order valence-electron chi connectivity index (χ4n) is 4.08. The molecule has 1 aromatic carbocycles. The first-order valence-electron chi connectivity index (χ1n) is 13.9. The molecule has 4 atom stereocenters. The maximum atomic E-state index is 16.7. The highest BCUT2D eigenvalue weighted by Crippen LogP contribution is 2.47. The molecule has 1 fully saturated rings. The molecule has 0 bridgehead atoms. The molecule has 0 spiro atoms. The van der Waals surface area contributed by atoms with Crippen LogP contribution in [0.15, 0.2) is 64.8 Å². The summed E-state index contributed by atoms with van der Waals surface area (Å²) in [5.41, 5.74) is -3.11. The molecule has 2 heterocycles. The molecule has 1 aliphatic heterocycles. The van der Waals surface area contributed by atoms with Gasteiger partial charge in [0, 0.05) is 17.8 Å². The van der Waals surface area contributed by atoms with E-state index in [0.29, 0.717) is 4.57 Å². The minimum absolute atomic E-state index is 0.0272. The zero-order valence-electron chi connectivity index (χ0n) is 26.0. The second-order valence-electron chi connectivity index (χ2n) is 13.8. The van der Waals surface area contributed by atoms with E-state index in [1.807, 2.05) is 13.1 Å². The van der Waals surface area contributed by atoms with Crippen molar-refractivity contribution < 1.29 is 22.8 Å². The molecule has 1 aliphatic rings. The number of halogens is 1. The van der Waals surface area contributed by atoms with Crippen LogP contribution in [-0.2, 0) is 13.6 Å². The number of benzene rings is 1. The van der Waals surface area contributed by atoms with E-state index in [2.05, 4.69) is 61.2 Å². The number of carbonyl (C=O) groups is 1. The second-order valence-corrected chi connectivity index (χ2v) is 23.4. The van der Waals surface area contributed by atoms with Crippen LogP contribution in [0, 0.1) is 0 Å². The third-order valence-electron chi connectivity index (χ3n) is 8.93. The molecular formula is C30H45FN2O6Si2. The van der Waals surface area contributed by atoms with Gasteiger partial charge in [-0.2, -0.15) is 4.57 Å². The molecule has 0 aliphatic carbocycles. The summed E-state index contributed by atoms with van der Waals surface area (Å²) in [7, 11) is -4.88. The highest BCUT2D eigenvalue weighted by molar-refractivity contribution is 6.74. The SMILES string of the molecule is C=C[C@]1(CO[Si](C)(C)C(C)(C)C)O[C@@H](n2ccc(=O)n(C(=O)c3ccccc3)c2=O)[C@@H](F)[C@@H]1O[Si](C)(C)C(C)(C)C. The molecule has 0 unspecified atom stereocenters. The van der Waals surface area contributed by atoms with Crippen molar-refractivity contribution in [3.05, 3.63) is 81.7 Å². The molecule has 3 rings (SSSR count). The zero-order valence-corrected chi connectivity index (χ0v) is 28.0. The van der Waals surface area contributed by atoms with Crippen LogP contribution < -0.4 is 11.2 Å². The minimum atomic E-state index is -2.56. The molecule has 11 heteroatoms. The Morgan fingerprint density at radius 2 is 1.59 bits per heavy atom. The molecule has 0 N–H and O–H groups in total. The topological polar surface area (TPSA) is 88.8 Å². The van der Waals surface area contributed by atoms with Crippen molar-refractivity contribution in [1.82, 2.24) is 9.13 Å². The number of carbonyl (C=O) groups excluding carboxylic acids is 1. The molecular weight excluding hydrogens is 560 g/mol. The lowest BCUT2D eigenvalue weighted by molar-refractivity contribution is -0.0936. The first kappa shape index (κ1) is 33.1. The summed E-state index contributed by atoms with van der Waals surface area (Å²) in [6.45, 7) is 24.6. The van der Waals surface area contributed by atoms with Crippen LogP contribution in [0.5, 0.6) is 0 Å². The number of ether oxygens (including phenoxy) is 1. The highest BCUT2D eigenvalue weighted by Gasteiger charge is 2.59. The van der Waals surface area contributed by atoms with Gasteiger partial charge in [-0.1, -0.05) is 65.8 Å². The fourth-order valence-corrected chi connectivity index (χ4v) is 6.41. The smallest absolute Gasteiger partial charge is 0.340 e. The first-order valence-corrected chi connectivity index (χ1v) is 19.7. The summed E-state index contributed by atoms with van der Waals surface area (Å²) in [5.74, 6) is -0.811. The van der Waals surface area contributed by atoms with Crippen LogP contribution in [0.3, 0.4) is 0 Å². The average Bonchev–Trinajstić information content (AvgIpc) is 3.13. The van der Waals surface area contributed by atoms with Crippen molar-refractivity contribution in [2.75, 3.05) is 6.61 Å². The quantitative estimate of drug-likeness (QED) is 0.275. The number of nitrogens with zero attached hydrogens (tertiary/aromatic N) is 2. The number of aromatic nitrogens is 2. The minimum Gasteiger partial charge on any atom is -0.413 e. The van der Waals surface area contributed by atoms with Crippen molar-refractivity contribution in [1.29, 1.82) is 0 Å². The Labute approximate surface area is 244 Å². The predicted molar refractivity (Wildman–Crippen MR) is 164 cm³/mol. The monoisotopic (exact) mass is 604 g/mol. The largest absolute Gasteiger partial charge is 0.413 e. The molecule has 8 nitrogen and oxygen atoms in total. The van der Waals surface area contributed by atoms with Gasteiger partial charge in [-0.25, -0.2) is 9.18 Å². The molecule has 2 aromatic rings. The van der Waals surface area contributed by atoms with Crippen LogP contribution in [-0.4, -0.2) is 56.2 Å². The molecule has 0 saturated carbocycles. The predicted octanol–water partition coefficient (Wildman–Crippen LogP) is 5.90. The van der Waals surface area contributed by atoms with Gasteiger partial charge in [0.15, 0.2) is 29.0 Å². The Bertz CT molecular complexity index is 1390. The van der Waals surface area contributed by atoms with Gasteiger partial charge in [-0.3, -0.25) is 14.2 Å². The van der Waals surface area contributed by atoms with Crippen molar-refractivity contribution >= 4 is 22.5 Å². The van der Waals surface area contributed by atoms with Crippen molar-refractivity contribution in [2.45, 2.75) is 102 Å². The van der Waals surface area contributed by atoms with E-state index in [1.165, 1.54) is 18.2 Å². The second kappa shape index (κ2) is 11.3. The lowest BCUT2D eigenvalue weighted by Gasteiger charge is -2.44.